The number of amides is 2. The number of methoxy groups -OCH3 is 1. The first-order chi connectivity index (χ1) is 14.3. The average Bonchev–Trinajstić information content (AvgIpc) is 3.40. The highest BCUT2D eigenvalue weighted by atomic mass is 35.5. The van der Waals surface area contributed by atoms with Gasteiger partial charge in [0.25, 0.3) is 0 Å². The van der Waals surface area contributed by atoms with Gasteiger partial charge in [-0.15, -0.1) is 0 Å². The summed E-state index contributed by atoms with van der Waals surface area (Å²) >= 11 is 5.95. The molecule has 1 aromatic heterocycles. The molecule has 2 fully saturated rings. The summed E-state index contributed by atoms with van der Waals surface area (Å²) in [5, 5.41) is 5.83. The Bertz CT molecular complexity index is 990. The molecule has 2 N–H and O–H groups in total. The number of hydrogen-bond acceptors (Lipinski definition) is 4. The Morgan fingerprint density at radius 1 is 1.27 bits per heavy atom. The Morgan fingerprint density at radius 3 is 2.57 bits per heavy atom. The van der Waals surface area contributed by atoms with Crippen LogP contribution < -0.4 is 15.4 Å². The average molecular weight is 436 g/mol. The molecule has 30 heavy (non-hydrogen) atoms. The number of urea groups is 1. The number of rotatable bonds is 5. The van der Waals surface area contributed by atoms with E-state index in [0.717, 1.165) is 17.7 Å². The van der Waals surface area contributed by atoms with Crippen LogP contribution in [0.2, 0.25) is 5.15 Å². The second kappa shape index (κ2) is 7.83. The van der Waals surface area contributed by atoms with Crippen molar-refractivity contribution < 1.29 is 23.1 Å². The van der Waals surface area contributed by atoms with Gasteiger partial charge < -0.3 is 15.4 Å². The number of nitrogens with one attached hydrogen (secondary N) is 2. The molecule has 9 heteroatoms. The highest BCUT2D eigenvalue weighted by Crippen LogP contribution is 2.46. The van der Waals surface area contributed by atoms with Gasteiger partial charge in [-0.1, -0.05) is 11.6 Å². The van der Waals surface area contributed by atoms with Gasteiger partial charge in [-0.25, -0.2) is 18.6 Å². The summed E-state index contributed by atoms with van der Waals surface area (Å²) < 4.78 is 34.0. The van der Waals surface area contributed by atoms with Crippen molar-refractivity contribution >= 4 is 23.4 Å². The first-order valence-electron chi connectivity index (χ1n) is 9.59. The first-order valence-corrected chi connectivity index (χ1v) is 9.97. The van der Waals surface area contributed by atoms with Gasteiger partial charge in [0.1, 0.15) is 22.5 Å². The molecule has 2 aromatic rings. The fraction of sp³-hybridized carbons (Fsp3) is 0.381. The highest BCUT2D eigenvalue weighted by Gasteiger charge is 2.47. The minimum Gasteiger partial charge on any atom is -0.497 e. The number of ether oxygens (including phenoxy) is 1. The Morgan fingerprint density at radius 2 is 1.97 bits per heavy atom. The predicted molar refractivity (Wildman–Crippen MR) is 106 cm³/mol. The molecule has 158 valence electrons. The maximum atomic E-state index is 14.5. The van der Waals surface area contributed by atoms with E-state index >= 15 is 0 Å². The van der Waals surface area contributed by atoms with E-state index in [0.29, 0.717) is 18.0 Å². The van der Waals surface area contributed by atoms with Crippen molar-refractivity contribution in [2.24, 2.45) is 0 Å². The summed E-state index contributed by atoms with van der Waals surface area (Å²) in [7, 11) is 1.31. The minimum atomic E-state index is -1.01. The molecule has 2 atom stereocenters. The van der Waals surface area contributed by atoms with Crippen LogP contribution in [0, 0.1) is 11.6 Å². The molecular formula is C21H20ClF2N3O3. The lowest BCUT2D eigenvalue weighted by molar-refractivity contribution is -0.119. The molecule has 0 spiro atoms. The van der Waals surface area contributed by atoms with Gasteiger partial charge in [-0.3, -0.25) is 4.79 Å². The molecule has 2 saturated carbocycles. The Kier molecular flexibility index (Phi) is 5.36. The summed E-state index contributed by atoms with van der Waals surface area (Å²) in [6.45, 7) is 0. The molecule has 4 rings (SSSR count). The van der Waals surface area contributed by atoms with Crippen molar-refractivity contribution in [1.82, 2.24) is 15.6 Å². The van der Waals surface area contributed by atoms with E-state index in [1.165, 1.54) is 7.11 Å². The lowest BCUT2D eigenvalue weighted by atomic mass is 9.92. The summed E-state index contributed by atoms with van der Waals surface area (Å²) in [5.74, 6) is -2.61. The quantitative estimate of drug-likeness (QED) is 0.699. The molecule has 2 aliphatic carbocycles. The maximum Gasteiger partial charge on any atom is 0.316 e. The zero-order valence-corrected chi connectivity index (χ0v) is 16.9. The number of ketones is 1. The fourth-order valence-electron chi connectivity index (χ4n) is 4.08. The summed E-state index contributed by atoms with van der Waals surface area (Å²) in [6, 6.07) is 4.01. The summed E-state index contributed by atoms with van der Waals surface area (Å²) in [4.78, 5) is 29.0. The molecule has 0 unspecified atom stereocenters. The lowest BCUT2D eigenvalue weighted by Gasteiger charge is -2.24. The van der Waals surface area contributed by atoms with Crippen LogP contribution in [-0.2, 0) is 10.3 Å². The standard InChI is InChI=1S/C21H20ClF2N3O3/c1-30-12-9-14(23)18(15(24)10-12)13-2-3-16(28)19(13)26-20(29)27-21(5-6-21)11-4-7-25-17(22)8-11/h4,7-10,13,19H,2-3,5-6H2,1H3,(H2,26,27,29)/t13-,19-/m0/s1. The van der Waals surface area contributed by atoms with E-state index in [1.807, 2.05) is 0 Å². The van der Waals surface area contributed by atoms with Gasteiger partial charge in [0, 0.05) is 36.2 Å². The second-order valence-corrected chi connectivity index (χ2v) is 8.03. The molecule has 0 aliphatic heterocycles. The molecule has 0 saturated heterocycles. The third-order valence-corrected chi connectivity index (χ3v) is 5.99. The third-order valence-electron chi connectivity index (χ3n) is 5.78. The third kappa shape index (κ3) is 3.84. The van der Waals surface area contributed by atoms with E-state index in [-0.39, 0.29) is 29.9 Å². The van der Waals surface area contributed by atoms with Crippen LogP contribution in [0.3, 0.4) is 0 Å². The van der Waals surface area contributed by atoms with Gasteiger partial charge in [-0.05, 0) is 37.0 Å². The van der Waals surface area contributed by atoms with Crippen LogP contribution >= 0.6 is 11.6 Å². The van der Waals surface area contributed by atoms with Crippen LogP contribution in [0.1, 0.15) is 42.7 Å². The molecule has 6 nitrogen and oxygen atoms in total. The van der Waals surface area contributed by atoms with E-state index in [1.54, 1.807) is 18.3 Å². The molecule has 0 radical (unpaired) electrons. The number of Topliss-reactive ketones (excluding diaryl/α,β-unsaturated/α-hetero) is 1. The Labute approximate surface area is 177 Å². The van der Waals surface area contributed by atoms with E-state index in [9.17, 15) is 18.4 Å². The van der Waals surface area contributed by atoms with Crippen molar-refractivity contribution in [2.75, 3.05) is 7.11 Å². The van der Waals surface area contributed by atoms with Crippen LogP contribution in [-0.4, -0.2) is 29.9 Å². The minimum absolute atomic E-state index is 0.0482. The molecule has 2 amide bonds. The summed E-state index contributed by atoms with van der Waals surface area (Å²) in [6.07, 6.45) is 3.36. The summed E-state index contributed by atoms with van der Waals surface area (Å²) in [5.41, 5.74) is 0.0259. The van der Waals surface area contributed by atoms with Crippen molar-refractivity contribution in [2.45, 2.75) is 43.2 Å². The number of benzene rings is 1. The van der Waals surface area contributed by atoms with Crippen LogP contribution in [0.5, 0.6) is 5.75 Å². The Hall–Kier alpha value is -2.74. The molecule has 1 heterocycles. The maximum absolute atomic E-state index is 14.5. The van der Waals surface area contributed by atoms with Crippen LogP contribution in [0.15, 0.2) is 30.5 Å². The number of hydrogen-bond donors (Lipinski definition) is 2. The van der Waals surface area contributed by atoms with Crippen molar-refractivity contribution in [1.29, 1.82) is 0 Å². The van der Waals surface area contributed by atoms with E-state index in [2.05, 4.69) is 15.6 Å². The topological polar surface area (TPSA) is 80.3 Å². The van der Waals surface area contributed by atoms with Gasteiger partial charge in [0.05, 0.1) is 18.7 Å². The van der Waals surface area contributed by atoms with Gasteiger partial charge in [0.15, 0.2) is 5.78 Å². The SMILES string of the molecule is COc1cc(F)c([C@@H]2CCC(=O)[C@H]2NC(=O)NC2(c3ccnc(Cl)c3)CC2)c(F)c1. The fourth-order valence-corrected chi connectivity index (χ4v) is 4.25. The molecular weight excluding hydrogens is 416 g/mol. The largest absolute Gasteiger partial charge is 0.497 e. The normalized spacial score (nSPS) is 21.9. The molecule has 1 aromatic carbocycles. The number of pyridine rings is 1. The number of aromatic nitrogens is 1. The van der Waals surface area contributed by atoms with E-state index in [4.69, 9.17) is 16.3 Å². The number of nitrogens with zero attached hydrogens (tertiary/aromatic N) is 1. The second-order valence-electron chi connectivity index (χ2n) is 7.64. The zero-order chi connectivity index (χ0) is 21.5. The Balaban J connectivity index is 1.52. The number of halogens is 3. The van der Waals surface area contributed by atoms with E-state index < -0.39 is 35.2 Å². The molecule has 2 aliphatic rings. The van der Waals surface area contributed by atoms with Crippen LogP contribution in [0.4, 0.5) is 13.6 Å². The highest BCUT2D eigenvalue weighted by molar-refractivity contribution is 6.29. The van der Waals surface area contributed by atoms with Gasteiger partial charge >= 0.3 is 6.03 Å². The first kappa shape index (κ1) is 20.5. The van der Waals surface area contributed by atoms with Gasteiger partial charge in [0.2, 0.25) is 0 Å². The number of carbonyl (C=O) groups excluding carboxylic acids is 2. The number of carbonyl (C=O) groups is 2. The van der Waals surface area contributed by atoms with Crippen LogP contribution in [0.25, 0.3) is 0 Å². The lowest BCUT2D eigenvalue weighted by Crippen LogP contribution is -2.49. The predicted octanol–water partition coefficient (Wildman–Crippen LogP) is 3.83. The zero-order valence-electron chi connectivity index (χ0n) is 16.2. The van der Waals surface area contributed by atoms with Gasteiger partial charge in [-0.2, -0.15) is 0 Å². The van der Waals surface area contributed by atoms with Crippen molar-refractivity contribution in [3.05, 3.63) is 58.4 Å². The molecule has 0 bridgehead atoms. The van der Waals surface area contributed by atoms with Crippen molar-refractivity contribution in [3.63, 3.8) is 0 Å². The monoisotopic (exact) mass is 435 g/mol. The smallest absolute Gasteiger partial charge is 0.316 e. The van der Waals surface area contributed by atoms with Crippen molar-refractivity contribution in [3.8, 4) is 5.75 Å².